The van der Waals surface area contributed by atoms with Gasteiger partial charge in [0.15, 0.2) is 0 Å². The van der Waals surface area contributed by atoms with E-state index in [1.165, 1.54) is 0 Å². The molecule has 0 unspecified atom stereocenters. The van der Waals surface area contributed by atoms with Crippen LogP contribution in [0.3, 0.4) is 0 Å². The number of halogens is 1. The van der Waals surface area contributed by atoms with Gasteiger partial charge in [0.05, 0.1) is 0 Å². The van der Waals surface area contributed by atoms with Crippen LogP contribution in [0.2, 0.25) is 0 Å². The molecule has 0 aliphatic heterocycles. The number of aromatic amines is 1. The Morgan fingerprint density at radius 3 is 2.33 bits per heavy atom. The molecule has 1 N–H and O–H groups in total. The Kier molecular flexibility index (Phi) is 2.29. The summed E-state index contributed by atoms with van der Waals surface area (Å²) >= 11 is 3.31. The average Bonchev–Trinajstić information content (AvgIpc) is 2.29. The minimum atomic E-state index is 0.0115. The van der Waals surface area contributed by atoms with E-state index in [9.17, 15) is 0 Å². The van der Waals surface area contributed by atoms with Gasteiger partial charge in [-0.1, -0.05) is 20.8 Å². The van der Waals surface area contributed by atoms with Gasteiger partial charge >= 0.3 is 0 Å². The van der Waals surface area contributed by atoms with E-state index in [0.29, 0.717) is 5.69 Å². The molecule has 0 saturated carbocycles. The SMILES string of the molecule is C#Cc1nc(C(C)(C)C)[nH]c1Br. The molecule has 0 bridgehead atoms. The van der Waals surface area contributed by atoms with Crippen LogP contribution in [-0.2, 0) is 5.41 Å². The van der Waals surface area contributed by atoms with Gasteiger partial charge in [-0.2, -0.15) is 0 Å². The predicted molar refractivity (Wildman–Crippen MR) is 52.9 cm³/mol. The molecule has 2 nitrogen and oxygen atoms in total. The van der Waals surface area contributed by atoms with Crippen LogP contribution >= 0.6 is 15.9 Å². The first-order valence-electron chi connectivity index (χ1n) is 3.67. The molecule has 1 rings (SSSR count). The third kappa shape index (κ3) is 1.70. The van der Waals surface area contributed by atoms with Gasteiger partial charge in [-0.25, -0.2) is 4.98 Å². The highest BCUT2D eigenvalue weighted by Crippen LogP contribution is 2.22. The maximum atomic E-state index is 5.24. The Morgan fingerprint density at radius 2 is 2.08 bits per heavy atom. The summed E-state index contributed by atoms with van der Waals surface area (Å²) < 4.78 is 0.787. The molecule has 0 aliphatic carbocycles. The van der Waals surface area contributed by atoms with Gasteiger partial charge in [-0.3, -0.25) is 0 Å². The lowest BCUT2D eigenvalue weighted by Gasteiger charge is -2.13. The number of imidazole rings is 1. The molecular formula is C9H11BrN2. The van der Waals surface area contributed by atoms with E-state index in [4.69, 9.17) is 6.42 Å². The number of terminal acetylenes is 1. The number of nitrogens with zero attached hydrogens (tertiary/aromatic N) is 1. The molecule has 0 spiro atoms. The Bertz CT molecular complexity index is 325. The fraction of sp³-hybridized carbons (Fsp3) is 0.444. The van der Waals surface area contributed by atoms with E-state index in [1.54, 1.807) is 0 Å². The van der Waals surface area contributed by atoms with Gasteiger partial charge in [-0.05, 0) is 21.9 Å². The zero-order valence-electron chi connectivity index (χ0n) is 7.40. The summed E-state index contributed by atoms with van der Waals surface area (Å²) in [7, 11) is 0. The van der Waals surface area contributed by atoms with E-state index in [0.717, 1.165) is 10.4 Å². The second-order valence-corrected chi connectivity index (χ2v) is 4.44. The van der Waals surface area contributed by atoms with Crippen LogP contribution in [0, 0.1) is 12.3 Å². The third-order valence-electron chi connectivity index (χ3n) is 1.51. The molecule has 0 atom stereocenters. The number of hydrogen-bond donors (Lipinski definition) is 1. The maximum absolute atomic E-state index is 5.24. The molecule has 3 heteroatoms. The smallest absolute Gasteiger partial charge is 0.145 e. The largest absolute Gasteiger partial charge is 0.335 e. The summed E-state index contributed by atoms with van der Waals surface area (Å²) in [6.45, 7) is 6.25. The number of H-pyrrole nitrogens is 1. The van der Waals surface area contributed by atoms with Crippen molar-refractivity contribution in [1.29, 1.82) is 0 Å². The molecule has 12 heavy (non-hydrogen) atoms. The third-order valence-corrected chi connectivity index (χ3v) is 2.08. The molecule has 1 heterocycles. The van der Waals surface area contributed by atoms with Gasteiger partial charge in [0, 0.05) is 5.41 Å². The number of nitrogens with one attached hydrogen (secondary N) is 1. The summed E-state index contributed by atoms with van der Waals surface area (Å²) in [5.74, 6) is 3.40. The molecule has 0 aromatic carbocycles. The molecule has 1 aromatic rings. The highest BCUT2D eigenvalue weighted by molar-refractivity contribution is 9.10. The molecule has 1 aromatic heterocycles. The molecule has 0 fully saturated rings. The van der Waals surface area contributed by atoms with Crippen LogP contribution in [0.1, 0.15) is 32.3 Å². The van der Waals surface area contributed by atoms with E-state index >= 15 is 0 Å². The lowest BCUT2D eigenvalue weighted by Crippen LogP contribution is -2.13. The van der Waals surface area contributed by atoms with Crippen molar-refractivity contribution in [2.75, 3.05) is 0 Å². The van der Waals surface area contributed by atoms with Crippen molar-refractivity contribution >= 4 is 15.9 Å². The number of hydrogen-bond acceptors (Lipinski definition) is 1. The highest BCUT2D eigenvalue weighted by atomic mass is 79.9. The quantitative estimate of drug-likeness (QED) is 0.677. The van der Waals surface area contributed by atoms with E-state index in [2.05, 4.69) is 52.6 Å². The zero-order chi connectivity index (χ0) is 9.35. The zero-order valence-corrected chi connectivity index (χ0v) is 8.99. The average molecular weight is 227 g/mol. The van der Waals surface area contributed by atoms with Crippen LogP contribution in [0.5, 0.6) is 0 Å². The molecule has 0 amide bonds. The fourth-order valence-corrected chi connectivity index (χ4v) is 1.19. The minimum Gasteiger partial charge on any atom is -0.335 e. The highest BCUT2D eigenvalue weighted by Gasteiger charge is 2.19. The fourth-order valence-electron chi connectivity index (χ4n) is 0.803. The van der Waals surface area contributed by atoms with E-state index < -0.39 is 0 Å². The van der Waals surface area contributed by atoms with Crippen molar-refractivity contribution in [3.63, 3.8) is 0 Å². The van der Waals surface area contributed by atoms with Gasteiger partial charge in [0.1, 0.15) is 16.1 Å². The van der Waals surface area contributed by atoms with Gasteiger partial charge in [-0.15, -0.1) is 6.42 Å². The first-order chi connectivity index (χ1) is 5.45. The Balaban J connectivity index is 3.16. The first-order valence-corrected chi connectivity index (χ1v) is 4.47. The second kappa shape index (κ2) is 2.95. The Hall–Kier alpha value is -0.750. The van der Waals surface area contributed by atoms with Crippen molar-refractivity contribution in [1.82, 2.24) is 9.97 Å². The van der Waals surface area contributed by atoms with Crippen molar-refractivity contribution in [2.24, 2.45) is 0 Å². The summed E-state index contributed by atoms with van der Waals surface area (Å²) in [6.07, 6.45) is 5.24. The van der Waals surface area contributed by atoms with Crippen LogP contribution in [0.4, 0.5) is 0 Å². The summed E-state index contributed by atoms with van der Waals surface area (Å²) in [4.78, 5) is 7.36. The molecule has 0 saturated heterocycles. The number of aromatic nitrogens is 2. The van der Waals surface area contributed by atoms with E-state index in [-0.39, 0.29) is 5.41 Å². The second-order valence-electron chi connectivity index (χ2n) is 3.64. The molecule has 0 radical (unpaired) electrons. The van der Waals surface area contributed by atoms with Crippen molar-refractivity contribution in [3.05, 3.63) is 16.1 Å². The Labute approximate surface area is 80.9 Å². The van der Waals surface area contributed by atoms with Crippen molar-refractivity contribution < 1.29 is 0 Å². The molecular weight excluding hydrogens is 216 g/mol. The van der Waals surface area contributed by atoms with Gasteiger partial charge in [0.25, 0.3) is 0 Å². The summed E-state index contributed by atoms with van der Waals surface area (Å²) in [5, 5.41) is 0. The predicted octanol–water partition coefficient (Wildman–Crippen LogP) is 2.45. The molecule has 0 aliphatic rings. The topological polar surface area (TPSA) is 28.7 Å². The van der Waals surface area contributed by atoms with Gasteiger partial charge in [0.2, 0.25) is 0 Å². The minimum absolute atomic E-state index is 0.0115. The normalized spacial score (nSPS) is 11.2. The van der Waals surface area contributed by atoms with Crippen molar-refractivity contribution in [3.8, 4) is 12.3 Å². The Morgan fingerprint density at radius 1 is 1.50 bits per heavy atom. The van der Waals surface area contributed by atoms with Crippen LogP contribution in [-0.4, -0.2) is 9.97 Å². The number of rotatable bonds is 0. The van der Waals surface area contributed by atoms with Crippen LogP contribution in [0.15, 0.2) is 4.60 Å². The van der Waals surface area contributed by atoms with Gasteiger partial charge < -0.3 is 4.98 Å². The van der Waals surface area contributed by atoms with Crippen molar-refractivity contribution in [2.45, 2.75) is 26.2 Å². The first kappa shape index (κ1) is 9.34. The monoisotopic (exact) mass is 226 g/mol. The summed E-state index contributed by atoms with van der Waals surface area (Å²) in [5.41, 5.74) is 0.650. The maximum Gasteiger partial charge on any atom is 0.145 e. The molecule has 64 valence electrons. The lowest BCUT2D eigenvalue weighted by molar-refractivity contribution is 0.551. The van der Waals surface area contributed by atoms with Crippen LogP contribution in [0.25, 0.3) is 0 Å². The summed E-state index contributed by atoms with van der Waals surface area (Å²) in [6, 6.07) is 0. The van der Waals surface area contributed by atoms with Crippen LogP contribution < -0.4 is 0 Å². The van der Waals surface area contributed by atoms with E-state index in [1.807, 2.05) is 0 Å². The standard InChI is InChI=1S/C9H11BrN2/c1-5-6-7(10)12-8(11-6)9(2,3)4/h1H,2-4H3,(H,11,12). The lowest BCUT2D eigenvalue weighted by atomic mass is 9.96.